The maximum Gasteiger partial charge on any atom is 0.0661 e. The molecule has 3 atom stereocenters. The Morgan fingerprint density at radius 3 is 2.84 bits per heavy atom. The van der Waals surface area contributed by atoms with Gasteiger partial charge in [-0.05, 0) is 51.5 Å². The standard InChI is InChI=1S/C16H29NO2/c1-2-19-15-11-14(16(15)7-3-4-8-16)17-9-5-13-6-10-18-12-13/h13-15,17H,2-12H2,1H3. The summed E-state index contributed by atoms with van der Waals surface area (Å²) >= 11 is 0. The molecule has 2 aliphatic carbocycles. The van der Waals surface area contributed by atoms with Gasteiger partial charge in [-0.15, -0.1) is 0 Å². The first-order valence-electron chi connectivity index (χ1n) is 8.28. The molecule has 0 aromatic heterocycles. The molecule has 0 aromatic carbocycles. The Bertz CT molecular complexity index is 282. The Labute approximate surface area is 117 Å². The molecule has 1 spiro atoms. The summed E-state index contributed by atoms with van der Waals surface area (Å²) in [6.07, 6.45) is 9.87. The zero-order valence-electron chi connectivity index (χ0n) is 12.3. The molecule has 3 heteroatoms. The zero-order chi connectivity index (χ0) is 13.1. The molecule has 1 saturated heterocycles. The van der Waals surface area contributed by atoms with Crippen molar-refractivity contribution in [3.8, 4) is 0 Å². The number of rotatable bonds is 6. The van der Waals surface area contributed by atoms with Gasteiger partial charge in [-0.1, -0.05) is 12.8 Å². The minimum atomic E-state index is 0.488. The Balaban J connectivity index is 1.45. The molecular weight excluding hydrogens is 238 g/mol. The van der Waals surface area contributed by atoms with Crippen LogP contribution in [0.3, 0.4) is 0 Å². The number of hydrogen-bond donors (Lipinski definition) is 1. The fraction of sp³-hybridized carbons (Fsp3) is 1.00. The molecule has 0 amide bonds. The summed E-state index contributed by atoms with van der Waals surface area (Å²) in [6, 6.07) is 0.717. The summed E-state index contributed by atoms with van der Waals surface area (Å²) < 4.78 is 11.4. The quantitative estimate of drug-likeness (QED) is 0.802. The predicted octanol–water partition coefficient (Wildman–Crippen LogP) is 2.74. The van der Waals surface area contributed by atoms with Crippen LogP contribution in [-0.4, -0.2) is 38.5 Å². The SMILES string of the molecule is CCOC1CC(NCCC2CCOC2)C12CCCC2. The molecule has 1 heterocycles. The second-order valence-electron chi connectivity index (χ2n) is 6.64. The van der Waals surface area contributed by atoms with E-state index < -0.39 is 0 Å². The van der Waals surface area contributed by atoms with Crippen LogP contribution in [0.15, 0.2) is 0 Å². The van der Waals surface area contributed by atoms with E-state index in [9.17, 15) is 0 Å². The lowest BCUT2D eigenvalue weighted by Gasteiger charge is -2.54. The lowest BCUT2D eigenvalue weighted by molar-refractivity contribution is -0.130. The molecule has 2 saturated carbocycles. The van der Waals surface area contributed by atoms with Crippen LogP contribution < -0.4 is 5.32 Å². The molecule has 3 aliphatic rings. The summed E-state index contributed by atoms with van der Waals surface area (Å²) in [7, 11) is 0. The Kier molecular flexibility index (Phi) is 4.45. The van der Waals surface area contributed by atoms with Crippen LogP contribution in [0.25, 0.3) is 0 Å². The van der Waals surface area contributed by atoms with Crippen molar-refractivity contribution in [3.05, 3.63) is 0 Å². The third-order valence-corrected chi connectivity index (χ3v) is 5.65. The van der Waals surface area contributed by atoms with Crippen LogP contribution in [0.4, 0.5) is 0 Å². The first-order valence-corrected chi connectivity index (χ1v) is 8.28. The van der Waals surface area contributed by atoms with E-state index in [4.69, 9.17) is 9.47 Å². The third-order valence-electron chi connectivity index (χ3n) is 5.65. The second-order valence-corrected chi connectivity index (χ2v) is 6.64. The molecule has 0 bridgehead atoms. The average molecular weight is 267 g/mol. The Morgan fingerprint density at radius 2 is 2.16 bits per heavy atom. The molecular formula is C16H29NO2. The molecule has 19 heavy (non-hydrogen) atoms. The minimum Gasteiger partial charge on any atom is -0.381 e. The fourth-order valence-electron chi connectivity index (χ4n) is 4.45. The van der Waals surface area contributed by atoms with Gasteiger partial charge in [-0.3, -0.25) is 0 Å². The highest BCUT2D eigenvalue weighted by atomic mass is 16.5. The maximum absolute atomic E-state index is 5.97. The van der Waals surface area contributed by atoms with E-state index >= 15 is 0 Å². The van der Waals surface area contributed by atoms with E-state index in [0.717, 1.165) is 25.7 Å². The van der Waals surface area contributed by atoms with Crippen molar-refractivity contribution >= 4 is 0 Å². The Morgan fingerprint density at radius 1 is 1.32 bits per heavy atom. The molecule has 3 nitrogen and oxygen atoms in total. The topological polar surface area (TPSA) is 30.5 Å². The molecule has 0 aromatic rings. The largest absolute Gasteiger partial charge is 0.381 e. The maximum atomic E-state index is 5.97. The van der Waals surface area contributed by atoms with Gasteiger partial charge in [0.2, 0.25) is 0 Å². The molecule has 3 fully saturated rings. The van der Waals surface area contributed by atoms with E-state index in [-0.39, 0.29) is 0 Å². The van der Waals surface area contributed by atoms with Crippen molar-refractivity contribution in [1.29, 1.82) is 0 Å². The Hall–Kier alpha value is -0.120. The van der Waals surface area contributed by atoms with Crippen LogP contribution in [-0.2, 0) is 9.47 Å². The van der Waals surface area contributed by atoms with Gasteiger partial charge in [-0.2, -0.15) is 0 Å². The highest BCUT2D eigenvalue weighted by Crippen LogP contribution is 2.54. The van der Waals surface area contributed by atoms with Crippen molar-refractivity contribution < 1.29 is 9.47 Å². The predicted molar refractivity (Wildman–Crippen MR) is 76.3 cm³/mol. The number of nitrogens with one attached hydrogen (secondary N) is 1. The average Bonchev–Trinajstić information content (AvgIpc) is 3.09. The highest BCUT2D eigenvalue weighted by Gasteiger charge is 2.56. The van der Waals surface area contributed by atoms with Gasteiger partial charge in [0.1, 0.15) is 0 Å². The first-order chi connectivity index (χ1) is 9.35. The first kappa shape index (κ1) is 13.8. The monoisotopic (exact) mass is 267 g/mol. The van der Waals surface area contributed by atoms with Crippen molar-refractivity contribution in [2.45, 2.75) is 64.0 Å². The van der Waals surface area contributed by atoms with E-state index in [2.05, 4.69) is 12.2 Å². The summed E-state index contributed by atoms with van der Waals surface area (Å²) in [5.74, 6) is 0.801. The van der Waals surface area contributed by atoms with Crippen molar-refractivity contribution in [1.82, 2.24) is 5.32 Å². The van der Waals surface area contributed by atoms with Crippen molar-refractivity contribution in [2.75, 3.05) is 26.4 Å². The van der Waals surface area contributed by atoms with Crippen LogP contribution in [0.2, 0.25) is 0 Å². The van der Waals surface area contributed by atoms with Gasteiger partial charge < -0.3 is 14.8 Å². The van der Waals surface area contributed by atoms with Gasteiger partial charge in [0, 0.05) is 31.3 Å². The van der Waals surface area contributed by atoms with E-state index in [1.54, 1.807) is 0 Å². The smallest absolute Gasteiger partial charge is 0.0661 e. The second kappa shape index (κ2) is 6.11. The highest BCUT2D eigenvalue weighted by molar-refractivity contribution is 5.09. The summed E-state index contributed by atoms with van der Waals surface area (Å²) in [5.41, 5.74) is 0.488. The molecule has 1 N–H and O–H groups in total. The molecule has 3 unspecified atom stereocenters. The molecule has 110 valence electrons. The van der Waals surface area contributed by atoms with Gasteiger partial charge in [0.05, 0.1) is 6.10 Å². The van der Waals surface area contributed by atoms with E-state index in [0.29, 0.717) is 17.6 Å². The summed E-state index contributed by atoms with van der Waals surface area (Å²) in [6.45, 7) is 6.13. The summed E-state index contributed by atoms with van der Waals surface area (Å²) in [5, 5.41) is 3.83. The molecule has 1 aliphatic heterocycles. The summed E-state index contributed by atoms with van der Waals surface area (Å²) in [4.78, 5) is 0. The van der Waals surface area contributed by atoms with Crippen molar-refractivity contribution in [2.24, 2.45) is 11.3 Å². The zero-order valence-corrected chi connectivity index (χ0v) is 12.3. The molecule has 0 radical (unpaired) electrons. The van der Waals surface area contributed by atoms with E-state index in [1.807, 2.05) is 0 Å². The third kappa shape index (κ3) is 2.70. The number of hydrogen-bond acceptors (Lipinski definition) is 3. The minimum absolute atomic E-state index is 0.488. The number of ether oxygens (including phenoxy) is 2. The normalized spacial score (nSPS) is 36.8. The van der Waals surface area contributed by atoms with Crippen LogP contribution in [0.5, 0.6) is 0 Å². The van der Waals surface area contributed by atoms with Crippen LogP contribution in [0.1, 0.15) is 51.9 Å². The lowest BCUT2D eigenvalue weighted by Crippen LogP contribution is -2.62. The lowest BCUT2D eigenvalue weighted by atomic mass is 9.60. The van der Waals surface area contributed by atoms with Gasteiger partial charge >= 0.3 is 0 Å². The fourth-order valence-corrected chi connectivity index (χ4v) is 4.45. The van der Waals surface area contributed by atoms with Gasteiger partial charge in [0.25, 0.3) is 0 Å². The van der Waals surface area contributed by atoms with E-state index in [1.165, 1.54) is 51.5 Å². The molecule has 3 rings (SSSR count). The van der Waals surface area contributed by atoms with Crippen LogP contribution in [0, 0.1) is 11.3 Å². The van der Waals surface area contributed by atoms with Gasteiger partial charge in [0.15, 0.2) is 0 Å². The van der Waals surface area contributed by atoms with Gasteiger partial charge in [-0.25, -0.2) is 0 Å². The van der Waals surface area contributed by atoms with Crippen LogP contribution >= 0.6 is 0 Å². The van der Waals surface area contributed by atoms with Crippen molar-refractivity contribution in [3.63, 3.8) is 0 Å².